The van der Waals surface area contributed by atoms with Gasteiger partial charge in [-0.2, -0.15) is 0 Å². The van der Waals surface area contributed by atoms with Crippen molar-refractivity contribution in [2.24, 2.45) is 0 Å². The summed E-state index contributed by atoms with van der Waals surface area (Å²) < 4.78 is 24.7. The zero-order valence-electron chi connectivity index (χ0n) is 10.5. The van der Waals surface area contributed by atoms with Crippen LogP contribution in [-0.2, 0) is 14.3 Å². The van der Waals surface area contributed by atoms with Gasteiger partial charge < -0.3 is 9.47 Å². The second-order valence-corrected chi connectivity index (χ2v) is 4.73. The van der Waals surface area contributed by atoms with Gasteiger partial charge in [0.25, 0.3) is 5.56 Å². The summed E-state index contributed by atoms with van der Waals surface area (Å²) >= 11 is 5.62. The number of rotatable bonds is 3. The van der Waals surface area contributed by atoms with Gasteiger partial charge in [-0.15, -0.1) is 0 Å². The van der Waals surface area contributed by atoms with E-state index >= 15 is 0 Å². The van der Waals surface area contributed by atoms with E-state index in [1.165, 1.54) is 6.92 Å². The van der Waals surface area contributed by atoms with Crippen molar-refractivity contribution in [2.75, 3.05) is 6.61 Å². The number of ether oxygens (including phenoxy) is 2. The van der Waals surface area contributed by atoms with Crippen LogP contribution in [0.4, 0.5) is 4.39 Å². The second-order valence-electron chi connectivity index (χ2n) is 4.33. The topological polar surface area (TPSA) is 90.4 Å². The Balaban J connectivity index is 2.16. The lowest BCUT2D eigenvalue weighted by Gasteiger charge is -2.15. The molecule has 0 saturated carbocycles. The Morgan fingerprint density at radius 2 is 2.35 bits per heavy atom. The van der Waals surface area contributed by atoms with Crippen LogP contribution < -0.4 is 11.2 Å². The number of carbonyl (C=O) groups excluding carboxylic acids is 1. The lowest BCUT2D eigenvalue weighted by molar-refractivity contribution is -0.146. The maximum Gasteiger partial charge on any atom is 0.330 e. The molecule has 2 heterocycles. The van der Waals surface area contributed by atoms with Crippen LogP contribution in [0.1, 0.15) is 19.6 Å². The van der Waals surface area contributed by atoms with Crippen molar-refractivity contribution < 1.29 is 18.7 Å². The van der Waals surface area contributed by atoms with Gasteiger partial charge in [0.1, 0.15) is 30.1 Å². The minimum absolute atomic E-state index is 0.103. The highest BCUT2D eigenvalue weighted by Crippen LogP contribution is 2.30. The lowest BCUT2D eigenvalue weighted by atomic mass is 10.2. The van der Waals surface area contributed by atoms with Crippen molar-refractivity contribution in [1.82, 2.24) is 9.55 Å². The summed E-state index contributed by atoms with van der Waals surface area (Å²) in [4.78, 5) is 35.4. The minimum atomic E-state index is -1.39. The summed E-state index contributed by atoms with van der Waals surface area (Å²) in [6.45, 7) is 0.963. The molecule has 0 spiro atoms. The fraction of sp³-hybridized carbons (Fsp3) is 0.545. The van der Waals surface area contributed by atoms with Gasteiger partial charge in [-0.05, 0) is 0 Å². The zero-order valence-corrected chi connectivity index (χ0v) is 11.2. The number of carbonyl (C=O) groups is 1. The third-order valence-electron chi connectivity index (χ3n) is 2.85. The Morgan fingerprint density at radius 3 is 3.00 bits per heavy atom. The van der Waals surface area contributed by atoms with Crippen LogP contribution in [0.15, 0.2) is 15.8 Å². The van der Waals surface area contributed by atoms with E-state index in [0.717, 1.165) is 10.8 Å². The van der Waals surface area contributed by atoms with Gasteiger partial charge in [0, 0.05) is 19.5 Å². The van der Waals surface area contributed by atoms with E-state index in [-0.39, 0.29) is 18.1 Å². The van der Waals surface area contributed by atoms with E-state index in [9.17, 15) is 18.8 Å². The summed E-state index contributed by atoms with van der Waals surface area (Å²) in [5.74, 6) is -0.548. The average molecular weight is 307 g/mol. The number of H-pyrrole nitrogens is 1. The van der Waals surface area contributed by atoms with Crippen LogP contribution >= 0.6 is 11.6 Å². The molecule has 0 aromatic carbocycles. The van der Waals surface area contributed by atoms with Gasteiger partial charge in [0.15, 0.2) is 0 Å². The van der Waals surface area contributed by atoms with Gasteiger partial charge in [0.2, 0.25) is 0 Å². The zero-order chi connectivity index (χ0) is 14.9. The van der Waals surface area contributed by atoms with Gasteiger partial charge in [-0.1, -0.05) is 11.6 Å². The largest absolute Gasteiger partial charge is 0.463 e. The van der Waals surface area contributed by atoms with Crippen molar-refractivity contribution in [2.45, 2.75) is 31.8 Å². The molecule has 1 aromatic rings. The number of halogens is 2. The Kier molecular flexibility index (Phi) is 4.24. The van der Waals surface area contributed by atoms with Gasteiger partial charge in [-0.3, -0.25) is 19.1 Å². The van der Waals surface area contributed by atoms with Gasteiger partial charge in [-0.25, -0.2) is 9.18 Å². The van der Waals surface area contributed by atoms with E-state index in [0.29, 0.717) is 0 Å². The lowest BCUT2D eigenvalue weighted by Crippen LogP contribution is -2.32. The Bertz CT molecular complexity index is 628. The van der Waals surface area contributed by atoms with Crippen molar-refractivity contribution in [3.8, 4) is 0 Å². The molecule has 1 N–H and O–H groups in total. The molecule has 0 amide bonds. The Labute approximate surface area is 117 Å². The number of esters is 1. The number of nitrogens with zero attached hydrogens (tertiary/aromatic N) is 1. The predicted octanol–water partition coefficient (Wildman–Crippen LogP) is 0.379. The summed E-state index contributed by atoms with van der Waals surface area (Å²) in [5, 5.41) is -0.202. The van der Waals surface area contributed by atoms with Crippen LogP contribution in [0.5, 0.6) is 0 Å². The van der Waals surface area contributed by atoms with E-state index in [2.05, 4.69) is 4.74 Å². The highest BCUT2D eigenvalue weighted by molar-refractivity contribution is 6.30. The number of hydrogen-bond acceptors (Lipinski definition) is 5. The SMILES string of the molecule is CC(=O)OC[C@H]1O[C@@H](n2cc(Cl)c(=O)[nH]c2=O)C[C@@H]1F. The minimum Gasteiger partial charge on any atom is -0.463 e. The summed E-state index contributed by atoms with van der Waals surface area (Å²) in [6, 6.07) is 0. The molecular weight excluding hydrogens is 295 g/mol. The molecular formula is C11H12ClFN2O5. The monoisotopic (exact) mass is 306 g/mol. The van der Waals surface area contributed by atoms with E-state index < -0.39 is 35.7 Å². The summed E-state index contributed by atoms with van der Waals surface area (Å²) in [5.41, 5.74) is -1.47. The molecule has 1 aromatic heterocycles. The molecule has 2 rings (SSSR count). The normalized spacial score (nSPS) is 25.6. The maximum atomic E-state index is 13.7. The second kappa shape index (κ2) is 5.76. The molecule has 1 fully saturated rings. The molecule has 0 unspecified atom stereocenters. The van der Waals surface area contributed by atoms with Crippen LogP contribution in [-0.4, -0.2) is 34.4 Å². The molecule has 0 bridgehead atoms. The van der Waals surface area contributed by atoms with Crippen LogP contribution in [0.3, 0.4) is 0 Å². The summed E-state index contributed by atoms with van der Waals surface area (Å²) in [7, 11) is 0. The van der Waals surface area contributed by atoms with Crippen molar-refractivity contribution >= 4 is 17.6 Å². The quantitative estimate of drug-likeness (QED) is 0.815. The molecule has 9 heteroatoms. The molecule has 0 aliphatic carbocycles. The predicted molar refractivity (Wildman–Crippen MR) is 66.4 cm³/mol. The summed E-state index contributed by atoms with van der Waals surface area (Å²) in [6.07, 6.45) is -2.27. The van der Waals surface area contributed by atoms with Crippen LogP contribution in [0.2, 0.25) is 5.02 Å². The molecule has 1 saturated heterocycles. The first kappa shape index (κ1) is 14.7. The van der Waals surface area contributed by atoms with Crippen LogP contribution in [0.25, 0.3) is 0 Å². The molecule has 1 aliphatic heterocycles. The van der Waals surface area contributed by atoms with E-state index in [4.69, 9.17) is 16.3 Å². The smallest absolute Gasteiger partial charge is 0.330 e. The molecule has 110 valence electrons. The Morgan fingerprint density at radius 1 is 1.65 bits per heavy atom. The molecule has 7 nitrogen and oxygen atoms in total. The van der Waals surface area contributed by atoms with Crippen molar-refractivity contribution in [3.05, 3.63) is 32.1 Å². The number of alkyl halides is 1. The highest BCUT2D eigenvalue weighted by Gasteiger charge is 2.37. The van der Waals surface area contributed by atoms with Crippen molar-refractivity contribution in [3.63, 3.8) is 0 Å². The molecule has 0 radical (unpaired) electrons. The fourth-order valence-electron chi connectivity index (χ4n) is 1.88. The maximum absolute atomic E-state index is 13.7. The van der Waals surface area contributed by atoms with Gasteiger partial charge in [0.05, 0.1) is 0 Å². The fourth-order valence-corrected chi connectivity index (χ4v) is 2.04. The van der Waals surface area contributed by atoms with Crippen molar-refractivity contribution in [1.29, 1.82) is 0 Å². The highest BCUT2D eigenvalue weighted by atomic mass is 35.5. The number of aromatic amines is 1. The standard InChI is InChI=1S/C11H12ClFN2O5/c1-5(16)19-4-8-7(13)2-9(20-8)15-3-6(12)10(17)14-11(15)18/h3,7-9H,2,4H2,1H3,(H,14,17,18)/t7-,8+,9+/m0/s1. The third-order valence-corrected chi connectivity index (χ3v) is 3.12. The first-order chi connectivity index (χ1) is 9.38. The Hall–Kier alpha value is -1.67. The van der Waals surface area contributed by atoms with Gasteiger partial charge >= 0.3 is 11.7 Å². The first-order valence-electron chi connectivity index (χ1n) is 5.82. The number of nitrogens with one attached hydrogen (secondary N) is 1. The average Bonchev–Trinajstić information content (AvgIpc) is 2.72. The molecule has 20 heavy (non-hydrogen) atoms. The van der Waals surface area contributed by atoms with Crippen LogP contribution in [0, 0.1) is 0 Å². The first-order valence-corrected chi connectivity index (χ1v) is 6.20. The number of aromatic nitrogens is 2. The van der Waals surface area contributed by atoms with E-state index in [1.807, 2.05) is 4.98 Å². The number of hydrogen-bond donors (Lipinski definition) is 1. The third kappa shape index (κ3) is 3.07. The molecule has 1 aliphatic rings. The van der Waals surface area contributed by atoms with E-state index in [1.54, 1.807) is 0 Å². The molecule has 3 atom stereocenters.